The summed E-state index contributed by atoms with van der Waals surface area (Å²) in [5.74, 6) is -0.686. The van der Waals surface area contributed by atoms with E-state index in [1.54, 1.807) is 0 Å². The smallest absolute Gasteiger partial charge is 0.328 e. The van der Waals surface area contributed by atoms with E-state index in [1.165, 1.54) is 13.8 Å². The summed E-state index contributed by atoms with van der Waals surface area (Å²) >= 11 is 0. The van der Waals surface area contributed by atoms with E-state index in [0.717, 1.165) is 6.07 Å². The molecule has 0 bridgehead atoms. The van der Waals surface area contributed by atoms with Crippen LogP contribution in [0.15, 0.2) is 11.0 Å². The Morgan fingerprint density at radius 2 is 2.00 bits per heavy atom. The molecule has 0 saturated heterocycles. The average Bonchev–Trinajstić information content (AvgIpc) is 2.32. The number of amides is 2. The molecule has 20 heavy (non-hydrogen) atoms. The number of carbonyl (C=O) groups is 1. The molecule has 0 saturated carbocycles. The molecular weight excluding hydrogens is 285 g/mol. The number of hydrogen-bond acceptors (Lipinski definition) is 4. The number of carbonyl (C=O) groups excluding carboxylic acids is 1. The highest BCUT2D eigenvalue weighted by Gasteiger charge is 2.24. The van der Waals surface area contributed by atoms with Crippen LogP contribution in [0.1, 0.15) is 24.5 Å². The highest BCUT2D eigenvalue weighted by Crippen LogP contribution is 2.27. The maximum atomic E-state index is 13.4. The van der Waals surface area contributed by atoms with E-state index in [0.29, 0.717) is 13.0 Å². The lowest BCUT2D eigenvalue weighted by Gasteiger charge is -2.14. The third kappa shape index (κ3) is 3.38. The van der Waals surface area contributed by atoms with Crippen molar-refractivity contribution in [1.29, 1.82) is 0 Å². The number of nitrogens with two attached hydrogens (primary N) is 1. The summed E-state index contributed by atoms with van der Waals surface area (Å²) in [6.07, 6.45) is 0.676. The second-order valence-corrected chi connectivity index (χ2v) is 6.02. The summed E-state index contributed by atoms with van der Waals surface area (Å²) in [6.45, 7) is 5.02. The van der Waals surface area contributed by atoms with Crippen molar-refractivity contribution in [3.63, 3.8) is 0 Å². The minimum absolute atomic E-state index is 0.0818. The summed E-state index contributed by atoms with van der Waals surface area (Å²) in [4.78, 5) is 11.3. The summed E-state index contributed by atoms with van der Waals surface area (Å²) in [5.41, 5.74) is 5.51. The van der Waals surface area contributed by atoms with Crippen molar-refractivity contribution in [2.45, 2.75) is 32.1 Å². The fraction of sp³-hybridized carbons (Fsp3) is 0.417. The molecule has 1 aromatic carbocycles. The van der Waals surface area contributed by atoms with Crippen molar-refractivity contribution in [3.8, 4) is 0 Å². The van der Waals surface area contributed by atoms with Gasteiger partial charge < -0.3 is 11.1 Å². The highest BCUT2D eigenvalue weighted by molar-refractivity contribution is 7.90. The number of hydrogen-bond donors (Lipinski definition) is 3. The predicted octanol–water partition coefficient (Wildman–Crippen LogP) is 1.42. The van der Waals surface area contributed by atoms with Crippen LogP contribution in [-0.4, -0.2) is 21.0 Å². The number of halogens is 1. The lowest BCUT2D eigenvalue weighted by atomic mass is 10.1. The summed E-state index contributed by atoms with van der Waals surface area (Å²) < 4.78 is 39.6. The normalized spacial score (nSPS) is 11.2. The lowest BCUT2D eigenvalue weighted by Crippen LogP contribution is -2.40. The topological polar surface area (TPSA) is 101 Å². The van der Waals surface area contributed by atoms with E-state index in [2.05, 4.69) is 5.32 Å². The van der Waals surface area contributed by atoms with Crippen LogP contribution >= 0.6 is 0 Å². The summed E-state index contributed by atoms with van der Waals surface area (Å²) in [7, 11) is -4.10. The van der Waals surface area contributed by atoms with E-state index in [4.69, 9.17) is 5.73 Å². The van der Waals surface area contributed by atoms with Crippen LogP contribution in [0, 0.1) is 19.7 Å². The Hall–Kier alpha value is -1.83. The maximum Gasteiger partial charge on any atom is 0.328 e. The second-order valence-electron chi connectivity index (χ2n) is 4.40. The number of rotatable bonds is 4. The molecule has 2 amide bonds. The Bertz CT molecular complexity index is 629. The fourth-order valence-corrected chi connectivity index (χ4v) is 3.21. The van der Waals surface area contributed by atoms with Gasteiger partial charge in [-0.25, -0.2) is 22.3 Å². The number of aryl methyl sites for hydroxylation is 1. The molecule has 0 spiro atoms. The van der Waals surface area contributed by atoms with E-state index >= 15 is 0 Å². The standard InChI is InChI=1S/C12H18FN3O3S/c1-4-5-15-12(17)16-20(18,19)11-7(2)6-9(13)10(14)8(11)3/h6H,4-5,14H2,1-3H3,(H2,15,16,17). The Morgan fingerprint density at radius 1 is 1.40 bits per heavy atom. The fourth-order valence-electron chi connectivity index (χ4n) is 1.79. The quantitative estimate of drug-likeness (QED) is 0.732. The van der Waals surface area contributed by atoms with Crippen molar-refractivity contribution in [2.75, 3.05) is 12.3 Å². The molecule has 112 valence electrons. The lowest BCUT2D eigenvalue weighted by molar-refractivity contribution is 0.246. The molecule has 0 aliphatic rings. The van der Waals surface area contributed by atoms with Crippen LogP contribution in [0.25, 0.3) is 0 Å². The van der Waals surface area contributed by atoms with Crippen molar-refractivity contribution in [3.05, 3.63) is 23.0 Å². The molecule has 0 aliphatic heterocycles. The number of urea groups is 1. The first-order chi connectivity index (χ1) is 9.20. The number of nitrogen functional groups attached to an aromatic ring is 1. The first-order valence-electron chi connectivity index (χ1n) is 6.06. The Kier molecular flexibility index (Phi) is 4.93. The number of nitrogens with one attached hydrogen (secondary N) is 2. The van der Waals surface area contributed by atoms with Crippen LogP contribution in [0.3, 0.4) is 0 Å². The van der Waals surface area contributed by atoms with E-state index < -0.39 is 21.9 Å². The van der Waals surface area contributed by atoms with Gasteiger partial charge in [0.15, 0.2) is 0 Å². The Labute approximate surface area is 117 Å². The van der Waals surface area contributed by atoms with E-state index in [-0.39, 0.29) is 21.7 Å². The zero-order chi connectivity index (χ0) is 15.5. The van der Waals surface area contributed by atoms with Gasteiger partial charge in [-0.15, -0.1) is 0 Å². The van der Waals surface area contributed by atoms with Crippen LogP contribution in [0.2, 0.25) is 0 Å². The van der Waals surface area contributed by atoms with Gasteiger partial charge in [0.1, 0.15) is 5.82 Å². The molecule has 0 aliphatic carbocycles. The molecule has 1 aromatic rings. The van der Waals surface area contributed by atoms with Gasteiger partial charge in [-0.3, -0.25) is 0 Å². The average molecular weight is 303 g/mol. The largest absolute Gasteiger partial charge is 0.396 e. The molecule has 0 heterocycles. The van der Waals surface area contributed by atoms with Gasteiger partial charge in [0.05, 0.1) is 10.6 Å². The predicted molar refractivity (Wildman–Crippen MR) is 74.3 cm³/mol. The number of anilines is 1. The maximum absolute atomic E-state index is 13.4. The molecule has 6 nitrogen and oxygen atoms in total. The second kappa shape index (κ2) is 6.08. The number of benzene rings is 1. The molecule has 8 heteroatoms. The molecule has 4 N–H and O–H groups in total. The van der Waals surface area contributed by atoms with Gasteiger partial charge in [0.25, 0.3) is 10.0 Å². The molecule has 0 radical (unpaired) electrons. The first kappa shape index (κ1) is 16.2. The van der Waals surface area contributed by atoms with Crippen LogP contribution in [0.5, 0.6) is 0 Å². The van der Waals surface area contributed by atoms with Gasteiger partial charge in [0.2, 0.25) is 0 Å². The third-order valence-electron chi connectivity index (χ3n) is 2.73. The zero-order valence-electron chi connectivity index (χ0n) is 11.6. The van der Waals surface area contributed by atoms with Crippen molar-refractivity contribution in [1.82, 2.24) is 10.0 Å². The van der Waals surface area contributed by atoms with Crippen molar-refractivity contribution >= 4 is 21.7 Å². The van der Waals surface area contributed by atoms with Crippen molar-refractivity contribution < 1.29 is 17.6 Å². The van der Waals surface area contributed by atoms with Gasteiger partial charge >= 0.3 is 6.03 Å². The zero-order valence-corrected chi connectivity index (χ0v) is 12.4. The molecular formula is C12H18FN3O3S. The van der Waals surface area contributed by atoms with E-state index in [1.807, 2.05) is 11.6 Å². The van der Waals surface area contributed by atoms with Crippen molar-refractivity contribution in [2.24, 2.45) is 0 Å². The monoisotopic (exact) mass is 303 g/mol. The van der Waals surface area contributed by atoms with Gasteiger partial charge in [-0.1, -0.05) is 6.92 Å². The molecule has 0 unspecified atom stereocenters. The van der Waals surface area contributed by atoms with Crippen LogP contribution in [0.4, 0.5) is 14.9 Å². The SMILES string of the molecule is CCCNC(=O)NS(=O)(=O)c1c(C)cc(F)c(N)c1C. The Morgan fingerprint density at radius 3 is 2.55 bits per heavy atom. The molecule has 1 rings (SSSR count). The van der Waals surface area contributed by atoms with Gasteiger partial charge in [-0.05, 0) is 37.5 Å². The minimum Gasteiger partial charge on any atom is -0.396 e. The molecule has 0 aromatic heterocycles. The molecule has 0 atom stereocenters. The van der Waals surface area contributed by atoms with E-state index in [9.17, 15) is 17.6 Å². The Balaban J connectivity index is 3.17. The summed E-state index contributed by atoms with van der Waals surface area (Å²) in [5, 5.41) is 2.39. The number of sulfonamides is 1. The highest BCUT2D eigenvalue weighted by atomic mass is 32.2. The first-order valence-corrected chi connectivity index (χ1v) is 7.54. The minimum atomic E-state index is -4.10. The summed E-state index contributed by atoms with van der Waals surface area (Å²) in [6, 6.07) is 0.203. The van der Waals surface area contributed by atoms with Crippen LogP contribution < -0.4 is 15.8 Å². The van der Waals surface area contributed by atoms with Crippen LogP contribution in [-0.2, 0) is 10.0 Å². The van der Waals surface area contributed by atoms with Gasteiger partial charge in [-0.2, -0.15) is 0 Å². The molecule has 0 fully saturated rings. The third-order valence-corrected chi connectivity index (χ3v) is 4.35. The van der Waals surface area contributed by atoms with Gasteiger partial charge in [0, 0.05) is 6.54 Å².